The Morgan fingerprint density at radius 2 is 1.89 bits per heavy atom. The number of carbonyl (C=O) groups is 1. The number of rotatable bonds is 8. The maximum atomic E-state index is 12.1. The Kier molecular flexibility index (Phi) is 6.54. The van der Waals surface area contributed by atoms with Crippen LogP contribution in [-0.2, 0) is 4.79 Å². The molecule has 28 heavy (non-hydrogen) atoms. The number of methoxy groups -OCH3 is 2. The highest BCUT2D eigenvalue weighted by molar-refractivity contribution is 7.99. The molecule has 0 unspecified atom stereocenters. The summed E-state index contributed by atoms with van der Waals surface area (Å²) in [6.45, 7) is 2.04. The second-order valence-electron chi connectivity index (χ2n) is 5.94. The molecule has 0 radical (unpaired) electrons. The maximum absolute atomic E-state index is 12.1. The molecule has 7 nitrogen and oxygen atoms in total. The second-order valence-corrected chi connectivity index (χ2v) is 7.11. The molecule has 1 N–H and O–H groups in total. The van der Waals surface area contributed by atoms with Gasteiger partial charge in [-0.15, -0.1) is 16.9 Å². The molecule has 0 saturated carbocycles. The quantitative estimate of drug-likeness (QED) is 0.569. The molecule has 0 saturated heterocycles. The number of thioether (sulfide) groups is 1. The van der Waals surface area contributed by atoms with Gasteiger partial charge in [-0.1, -0.05) is 22.8 Å². The lowest BCUT2D eigenvalue weighted by Crippen LogP contribution is -2.12. The Hall–Kier alpha value is -3.00. The van der Waals surface area contributed by atoms with Crippen LogP contribution >= 0.6 is 11.8 Å². The summed E-state index contributed by atoms with van der Waals surface area (Å²) in [5, 5.41) is 10.5. The summed E-state index contributed by atoms with van der Waals surface area (Å²) in [4.78, 5) is 13.3. The summed E-state index contributed by atoms with van der Waals surface area (Å²) < 4.78 is 16.1. The van der Waals surface area contributed by atoms with Crippen molar-refractivity contribution in [3.8, 4) is 23.0 Å². The van der Waals surface area contributed by atoms with E-state index in [0.29, 0.717) is 29.2 Å². The Balaban J connectivity index is 1.58. The van der Waals surface area contributed by atoms with E-state index in [1.54, 1.807) is 44.2 Å². The van der Waals surface area contributed by atoms with Gasteiger partial charge in [-0.3, -0.25) is 10.1 Å². The van der Waals surface area contributed by atoms with E-state index in [4.69, 9.17) is 13.9 Å². The van der Waals surface area contributed by atoms with Crippen molar-refractivity contribution in [2.75, 3.05) is 25.3 Å². The first-order chi connectivity index (χ1) is 13.6. The molecule has 146 valence electrons. The summed E-state index contributed by atoms with van der Waals surface area (Å²) in [6.07, 6.45) is 0.332. The standard InChI is InChI=1S/C20H21N3O4S/c1-13-4-7-15(8-5-13)28-11-10-18(24)21-20-23-22-19(27-20)16-12-14(25-2)6-9-17(16)26-3/h4-9,12H,10-11H2,1-3H3,(H,21,23,24). The van der Waals surface area contributed by atoms with Gasteiger partial charge in [-0.25, -0.2) is 0 Å². The van der Waals surface area contributed by atoms with Gasteiger partial charge in [0, 0.05) is 17.1 Å². The third-order valence-corrected chi connectivity index (χ3v) is 4.94. The van der Waals surface area contributed by atoms with Crippen LogP contribution in [0.15, 0.2) is 51.8 Å². The maximum Gasteiger partial charge on any atom is 0.322 e. The molecule has 3 rings (SSSR count). The molecule has 3 aromatic rings. The zero-order chi connectivity index (χ0) is 19.9. The minimum absolute atomic E-state index is 0.0465. The van der Waals surface area contributed by atoms with Crippen LogP contribution in [0.4, 0.5) is 6.01 Å². The van der Waals surface area contributed by atoms with Gasteiger partial charge in [0.25, 0.3) is 5.89 Å². The number of carbonyl (C=O) groups excluding carboxylic acids is 1. The first kappa shape index (κ1) is 19.8. The van der Waals surface area contributed by atoms with E-state index in [-0.39, 0.29) is 17.8 Å². The average Bonchev–Trinajstić information content (AvgIpc) is 3.17. The van der Waals surface area contributed by atoms with Crippen molar-refractivity contribution < 1.29 is 18.7 Å². The fourth-order valence-electron chi connectivity index (χ4n) is 2.44. The minimum Gasteiger partial charge on any atom is -0.497 e. The molecule has 1 heterocycles. The van der Waals surface area contributed by atoms with Gasteiger partial charge >= 0.3 is 6.01 Å². The Morgan fingerprint density at radius 1 is 1.11 bits per heavy atom. The minimum atomic E-state index is -0.188. The molecule has 0 aliphatic rings. The predicted molar refractivity (Wildman–Crippen MR) is 108 cm³/mol. The number of aryl methyl sites for hydroxylation is 1. The number of benzene rings is 2. The molecular formula is C20H21N3O4S. The molecule has 2 aromatic carbocycles. The van der Waals surface area contributed by atoms with Crippen molar-refractivity contribution in [2.45, 2.75) is 18.2 Å². The molecule has 0 bridgehead atoms. The first-order valence-electron chi connectivity index (χ1n) is 8.64. The van der Waals surface area contributed by atoms with Crippen molar-refractivity contribution in [3.63, 3.8) is 0 Å². The number of hydrogen-bond acceptors (Lipinski definition) is 7. The zero-order valence-corrected chi connectivity index (χ0v) is 16.7. The van der Waals surface area contributed by atoms with Gasteiger partial charge < -0.3 is 13.9 Å². The molecular weight excluding hydrogens is 378 g/mol. The normalized spacial score (nSPS) is 10.5. The first-order valence-corrected chi connectivity index (χ1v) is 9.63. The number of ether oxygens (including phenoxy) is 2. The van der Waals surface area contributed by atoms with Gasteiger partial charge in [0.1, 0.15) is 11.5 Å². The van der Waals surface area contributed by atoms with E-state index in [0.717, 1.165) is 4.90 Å². The molecule has 0 aliphatic carbocycles. The highest BCUT2D eigenvalue weighted by Gasteiger charge is 2.16. The molecule has 0 spiro atoms. The number of nitrogens with zero attached hydrogens (tertiary/aromatic N) is 2. The van der Waals surface area contributed by atoms with E-state index in [9.17, 15) is 4.79 Å². The van der Waals surface area contributed by atoms with Crippen LogP contribution in [-0.4, -0.2) is 36.1 Å². The van der Waals surface area contributed by atoms with Crippen LogP contribution < -0.4 is 14.8 Å². The van der Waals surface area contributed by atoms with Crippen LogP contribution in [0.5, 0.6) is 11.5 Å². The fourth-order valence-corrected chi connectivity index (χ4v) is 3.29. The lowest BCUT2D eigenvalue weighted by Gasteiger charge is -2.07. The van der Waals surface area contributed by atoms with Crippen LogP contribution in [0.25, 0.3) is 11.5 Å². The summed E-state index contributed by atoms with van der Waals surface area (Å²) >= 11 is 1.62. The van der Waals surface area contributed by atoms with E-state index in [2.05, 4.69) is 27.6 Å². The topological polar surface area (TPSA) is 86.5 Å². The van der Waals surface area contributed by atoms with Gasteiger partial charge in [-0.05, 0) is 37.3 Å². The third-order valence-electron chi connectivity index (χ3n) is 3.93. The molecule has 0 atom stereocenters. The lowest BCUT2D eigenvalue weighted by molar-refractivity contribution is -0.115. The molecule has 0 aliphatic heterocycles. The van der Waals surface area contributed by atoms with E-state index < -0.39 is 0 Å². The lowest BCUT2D eigenvalue weighted by atomic mass is 10.2. The third kappa shape index (κ3) is 5.04. The SMILES string of the molecule is COc1ccc(OC)c(-c2nnc(NC(=O)CCSc3ccc(C)cc3)o2)c1. The number of aromatic nitrogens is 2. The van der Waals surface area contributed by atoms with Gasteiger partial charge in [0.15, 0.2) is 0 Å². The summed E-state index contributed by atoms with van der Waals surface area (Å²) in [5.41, 5.74) is 1.80. The van der Waals surface area contributed by atoms with Crippen molar-refractivity contribution in [1.82, 2.24) is 10.2 Å². The Bertz CT molecular complexity index is 941. The monoisotopic (exact) mass is 399 g/mol. The zero-order valence-electron chi connectivity index (χ0n) is 15.9. The van der Waals surface area contributed by atoms with Crippen LogP contribution in [0, 0.1) is 6.92 Å². The fraction of sp³-hybridized carbons (Fsp3) is 0.250. The van der Waals surface area contributed by atoms with Gasteiger partial charge in [-0.2, -0.15) is 0 Å². The molecule has 1 aromatic heterocycles. The van der Waals surface area contributed by atoms with E-state index in [1.807, 2.05) is 19.1 Å². The predicted octanol–water partition coefficient (Wildman–Crippen LogP) is 4.18. The largest absolute Gasteiger partial charge is 0.497 e. The summed E-state index contributed by atoms with van der Waals surface area (Å²) in [7, 11) is 3.12. The van der Waals surface area contributed by atoms with Crippen LogP contribution in [0.1, 0.15) is 12.0 Å². The van der Waals surface area contributed by atoms with Crippen molar-refractivity contribution in [3.05, 3.63) is 48.0 Å². The van der Waals surface area contributed by atoms with Crippen molar-refractivity contribution in [1.29, 1.82) is 0 Å². The smallest absolute Gasteiger partial charge is 0.322 e. The van der Waals surface area contributed by atoms with E-state index >= 15 is 0 Å². The number of amides is 1. The number of hydrogen-bond donors (Lipinski definition) is 1. The summed E-state index contributed by atoms with van der Waals surface area (Å²) in [5.74, 6) is 1.90. The summed E-state index contributed by atoms with van der Waals surface area (Å²) in [6, 6.07) is 13.5. The van der Waals surface area contributed by atoms with Crippen molar-refractivity contribution in [2.24, 2.45) is 0 Å². The Morgan fingerprint density at radius 3 is 2.61 bits per heavy atom. The second kappa shape index (κ2) is 9.27. The van der Waals surface area contributed by atoms with Crippen LogP contribution in [0.3, 0.4) is 0 Å². The van der Waals surface area contributed by atoms with Crippen molar-refractivity contribution >= 4 is 23.7 Å². The molecule has 8 heteroatoms. The van der Waals surface area contributed by atoms with Crippen LogP contribution in [0.2, 0.25) is 0 Å². The molecule has 1 amide bonds. The Labute approximate surface area is 167 Å². The molecule has 0 fully saturated rings. The highest BCUT2D eigenvalue weighted by Crippen LogP contribution is 2.33. The van der Waals surface area contributed by atoms with E-state index in [1.165, 1.54) is 5.56 Å². The highest BCUT2D eigenvalue weighted by atomic mass is 32.2. The van der Waals surface area contributed by atoms with Gasteiger partial charge in [0.05, 0.1) is 19.8 Å². The average molecular weight is 399 g/mol. The number of nitrogens with one attached hydrogen (secondary N) is 1. The van der Waals surface area contributed by atoms with Gasteiger partial charge in [0.2, 0.25) is 5.91 Å². The number of anilines is 1.